The van der Waals surface area contributed by atoms with Gasteiger partial charge in [0.2, 0.25) is 0 Å². The van der Waals surface area contributed by atoms with Crippen molar-refractivity contribution in [3.63, 3.8) is 0 Å². The Balaban J connectivity index is 1.89. The first-order valence-corrected chi connectivity index (χ1v) is 7.38. The summed E-state index contributed by atoms with van der Waals surface area (Å²) in [6.07, 6.45) is 1.03. The van der Waals surface area contributed by atoms with Crippen LogP contribution >= 0.6 is 0 Å². The van der Waals surface area contributed by atoms with Crippen molar-refractivity contribution in [2.24, 2.45) is 0 Å². The number of hydrogen-bond acceptors (Lipinski definition) is 3. The second-order valence-corrected chi connectivity index (χ2v) is 5.20. The van der Waals surface area contributed by atoms with Crippen LogP contribution in [0.2, 0.25) is 0 Å². The Bertz CT molecular complexity index is 664. The molecule has 0 saturated heterocycles. The van der Waals surface area contributed by atoms with Gasteiger partial charge in [0.1, 0.15) is 5.75 Å². The largest absolute Gasteiger partial charge is 0.494 e. The van der Waals surface area contributed by atoms with E-state index in [9.17, 15) is 4.79 Å². The van der Waals surface area contributed by atoms with Crippen LogP contribution in [0.4, 0.5) is 0 Å². The van der Waals surface area contributed by atoms with Crippen molar-refractivity contribution >= 4 is 5.78 Å². The summed E-state index contributed by atoms with van der Waals surface area (Å²) < 4.78 is 5.46. The molecule has 3 nitrogen and oxygen atoms in total. The highest BCUT2D eigenvalue weighted by Gasteiger charge is 2.14. The minimum atomic E-state index is 0.0462. The zero-order valence-corrected chi connectivity index (χ0v) is 12.2. The zero-order chi connectivity index (χ0) is 14.7. The van der Waals surface area contributed by atoms with Gasteiger partial charge in [-0.3, -0.25) is 4.79 Å². The van der Waals surface area contributed by atoms with E-state index in [0.29, 0.717) is 12.2 Å². The van der Waals surface area contributed by atoms with Crippen molar-refractivity contribution in [3.05, 3.63) is 64.7 Å². The van der Waals surface area contributed by atoms with Crippen molar-refractivity contribution in [2.75, 3.05) is 13.2 Å². The predicted octanol–water partition coefficient (Wildman–Crippen LogP) is 2.96. The zero-order valence-electron chi connectivity index (χ0n) is 12.2. The second-order valence-electron chi connectivity index (χ2n) is 5.20. The highest BCUT2D eigenvalue weighted by molar-refractivity contribution is 6.09. The monoisotopic (exact) mass is 281 g/mol. The summed E-state index contributed by atoms with van der Waals surface area (Å²) in [5.41, 5.74) is 3.98. The molecule has 2 aromatic rings. The van der Waals surface area contributed by atoms with E-state index in [1.165, 1.54) is 11.1 Å². The molecule has 2 aromatic carbocycles. The number of carbonyl (C=O) groups excluding carboxylic acids is 1. The summed E-state index contributed by atoms with van der Waals surface area (Å²) in [6.45, 7) is 4.39. The normalized spacial score (nSPS) is 13.6. The average Bonchev–Trinajstić information content (AvgIpc) is 2.54. The van der Waals surface area contributed by atoms with Crippen LogP contribution in [0.5, 0.6) is 5.75 Å². The average molecular weight is 281 g/mol. The maximum atomic E-state index is 12.6. The van der Waals surface area contributed by atoms with Gasteiger partial charge in [-0.05, 0) is 49.2 Å². The van der Waals surface area contributed by atoms with Crippen LogP contribution in [0.25, 0.3) is 0 Å². The van der Waals surface area contributed by atoms with Gasteiger partial charge in [0, 0.05) is 17.7 Å². The Morgan fingerprint density at radius 2 is 2.00 bits per heavy atom. The number of ketones is 1. The van der Waals surface area contributed by atoms with Gasteiger partial charge < -0.3 is 10.1 Å². The van der Waals surface area contributed by atoms with Crippen molar-refractivity contribution in [3.8, 4) is 5.75 Å². The van der Waals surface area contributed by atoms with E-state index in [0.717, 1.165) is 30.8 Å². The number of fused-ring (bicyclic) bond motifs is 1. The van der Waals surface area contributed by atoms with Gasteiger partial charge in [-0.15, -0.1) is 0 Å². The highest BCUT2D eigenvalue weighted by Crippen LogP contribution is 2.20. The van der Waals surface area contributed by atoms with Crippen LogP contribution in [0.1, 0.15) is 34.0 Å². The summed E-state index contributed by atoms with van der Waals surface area (Å²) in [4.78, 5) is 12.6. The Hall–Kier alpha value is -2.13. The lowest BCUT2D eigenvalue weighted by Gasteiger charge is -2.17. The van der Waals surface area contributed by atoms with Crippen molar-refractivity contribution < 1.29 is 9.53 Å². The van der Waals surface area contributed by atoms with Gasteiger partial charge >= 0.3 is 0 Å². The molecule has 0 amide bonds. The molecule has 0 aliphatic carbocycles. The number of rotatable bonds is 4. The highest BCUT2D eigenvalue weighted by atomic mass is 16.5. The van der Waals surface area contributed by atoms with Gasteiger partial charge in [0.25, 0.3) is 0 Å². The van der Waals surface area contributed by atoms with E-state index in [-0.39, 0.29) is 5.78 Å². The van der Waals surface area contributed by atoms with Gasteiger partial charge in [0.15, 0.2) is 5.78 Å². The summed E-state index contributed by atoms with van der Waals surface area (Å²) in [6, 6.07) is 13.4. The fourth-order valence-electron chi connectivity index (χ4n) is 2.68. The molecule has 1 aliphatic rings. The molecular formula is C18H19NO2. The standard InChI is InChI=1S/C18H19NO2/c1-2-21-17-5-3-4-14(11-17)18(20)15-7-6-13-8-9-19-12-16(13)10-15/h3-7,10-11,19H,2,8-9,12H2,1H3. The van der Waals surface area contributed by atoms with Crippen molar-refractivity contribution in [1.82, 2.24) is 5.32 Å². The summed E-state index contributed by atoms with van der Waals surface area (Å²) in [5.74, 6) is 0.785. The number of carbonyl (C=O) groups is 1. The molecule has 21 heavy (non-hydrogen) atoms. The molecule has 1 heterocycles. The minimum absolute atomic E-state index is 0.0462. The molecule has 0 fully saturated rings. The Morgan fingerprint density at radius 3 is 2.86 bits per heavy atom. The molecule has 0 aromatic heterocycles. The molecule has 0 bridgehead atoms. The fourth-order valence-corrected chi connectivity index (χ4v) is 2.68. The van der Waals surface area contributed by atoms with E-state index in [4.69, 9.17) is 4.74 Å². The first-order valence-electron chi connectivity index (χ1n) is 7.38. The SMILES string of the molecule is CCOc1cccc(C(=O)c2ccc3c(c2)CNCC3)c1. The van der Waals surface area contributed by atoms with Gasteiger partial charge in [-0.1, -0.05) is 24.3 Å². The van der Waals surface area contributed by atoms with E-state index < -0.39 is 0 Å². The molecule has 0 spiro atoms. The lowest BCUT2D eigenvalue weighted by atomic mass is 9.95. The molecular weight excluding hydrogens is 262 g/mol. The maximum absolute atomic E-state index is 12.6. The lowest BCUT2D eigenvalue weighted by Crippen LogP contribution is -2.23. The summed E-state index contributed by atoms with van der Waals surface area (Å²) >= 11 is 0. The van der Waals surface area contributed by atoms with Crippen molar-refractivity contribution in [2.45, 2.75) is 19.9 Å². The quantitative estimate of drug-likeness (QED) is 0.876. The third-order valence-electron chi connectivity index (χ3n) is 3.76. The Labute approximate surface area is 124 Å². The van der Waals surface area contributed by atoms with Crippen LogP contribution in [0.3, 0.4) is 0 Å². The molecule has 1 aliphatic heterocycles. The van der Waals surface area contributed by atoms with E-state index in [2.05, 4.69) is 11.4 Å². The third kappa shape index (κ3) is 2.98. The van der Waals surface area contributed by atoms with Gasteiger partial charge in [-0.2, -0.15) is 0 Å². The summed E-state index contributed by atoms with van der Waals surface area (Å²) in [5, 5.41) is 3.34. The Morgan fingerprint density at radius 1 is 1.14 bits per heavy atom. The minimum Gasteiger partial charge on any atom is -0.494 e. The summed E-state index contributed by atoms with van der Waals surface area (Å²) in [7, 11) is 0. The first kappa shape index (κ1) is 13.8. The van der Waals surface area contributed by atoms with E-state index >= 15 is 0 Å². The first-order chi connectivity index (χ1) is 10.3. The molecule has 0 unspecified atom stereocenters. The number of nitrogens with one attached hydrogen (secondary N) is 1. The lowest BCUT2D eigenvalue weighted by molar-refractivity contribution is 0.103. The third-order valence-corrected chi connectivity index (χ3v) is 3.76. The van der Waals surface area contributed by atoms with Crippen LogP contribution in [0, 0.1) is 0 Å². The molecule has 0 atom stereocenters. The molecule has 3 heteroatoms. The molecule has 3 rings (SSSR count). The maximum Gasteiger partial charge on any atom is 0.193 e. The number of hydrogen-bond donors (Lipinski definition) is 1. The molecule has 1 N–H and O–H groups in total. The number of benzene rings is 2. The van der Waals surface area contributed by atoms with Crippen LogP contribution in [-0.4, -0.2) is 18.9 Å². The number of ether oxygens (including phenoxy) is 1. The van der Waals surface area contributed by atoms with Crippen LogP contribution < -0.4 is 10.1 Å². The second kappa shape index (κ2) is 6.10. The van der Waals surface area contributed by atoms with E-state index in [1.54, 1.807) is 0 Å². The van der Waals surface area contributed by atoms with Crippen LogP contribution in [0.15, 0.2) is 42.5 Å². The Kier molecular flexibility index (Phi) is 4.02. The van der Waals surface area contributed by atoms with Crippen LogP contribution in [-0.2, 0) is 13.0 Å². The predicted molar refractivity (Wildman–Crippen MR) is 82.9 cm³/mol. The molecule has 0 saturated carbocycles. The smallest absolute Gasteiger partial charge is 0.193 e. The molecule has 108 valence electrons. The van der Waals surface area contributed by atoms with Crippen molar-refractivity contribution in [1.29, 1.82) is 0 Å². The van der Waals surface area contributed by atoms with Gasteiger partial charge in [0.05, 0.1) is 6.61 Å². The van der Waals surface area contributed by atoms with E-state index in [1.807, 2.05) is 43.3 Å². The topological polar surface area (TPSA) is 38.3 Å². The molecule has 0 radical (unpaired) electrons. The fraction of sp³-hybridized carbons (Fsp3) is 0.278. The van der Waals surface area contributed by atoms with Gasteiger partial charge in [-0.25, -0.2) is 0 Å².